The number of fused-ring (bicyclic) bond motifs is 3. The first-order valence-electron chi connectivity index (χ1n) is 9.40. The van der Waals surface area contributed by atoms with Gasteiger partial charge in [-0.05, 0) is 50.2 Å². The van der Waals surface area contributed by atoms with Gasteiger partial charge in [-0.2, -0.15) is 0 Å². The fourth-order valence-electron chi connectivity index (χ4n) is 4.62. The largest absolute Gasteiger partial charge is 0.365 e. The standard InChI is InChI=1S/C19H26N2O3S/c22-19(12-15-6-5-11-25(23,24)14-15)21-13-16-7-3-4-10-20(16)17-8-1-2-9-18(17)21/h1-2,8-9,15-16H,3-7,10-14H2. The zero-order chi connectivity index (χ0) is 17.4. The lowest BCUT2D eigenvalue weighted by Crippen LogP contribution is -2.53. The van der Waals surface area contributed by atoms with E-state index in [1.165, 1.54) is 12.8 Å². The molecule has 0 radical (unpaired) electrons. The summed E-state index contributed by atoms with van der Waals surface area (Å²) in [7, 11) is -2.97. The third-order valence-electron chi connectivity index (χ3n) is 5.82. The lowest BCUT2D eigenvalue weighted by Gasteiger charge is -2.46. The highest BCUT2D eigenvalue weighted by Gasteiger charge is 2.36. The summed E-state index contributed by atoms with van der Waals surface area (Å²) < 4.78 is 23.7. The second-order valence-corrected chi connectivity index (χ2v) is 9.89. The van der Waals surface area contributed by atoms with Crippen molar-refractivity contribution in [2.24, 2.45) is 5.92 Å². The van der Waals surface area contributed by atoms with Crippen molar-refractivity contribution in [3.05, 3.63) is 24.3 Å². The summed E-state index contributed by atoms with van der Waals surface area (Å²) in [5, 5.41) is 0. The first-order valence-corrected chi connectivity index (χ1v) is 11.2. The highest BCUT2D eigenvalue weighted by atomic mass is 32.2. The van der Waals surface area contributed by atoms with Crippen molar-refractivity contribution in [3.63, 3.8) is 0 Å². The van der Waals surface area contributed by atoms with Crippen LogP contribution in [0.4, 0.5) is 11.4 Å². The molecule has 5 nitrogen and oxygen atoms in total. The number of hydrogen-bond acceptors (Lipinski definition) is 4. The van der Waals surface area contributed by atoms with Gasteiger partial charge in [-0.1, -0.05) is 12.1 Å². The van der Waals surface area contributed by atoms with Crippen LogP contribution in [0, 0.1) is 5.92 Å². The normalized spacial score (nSPS) is 28.2. The number of nitrogens with zero attached hydrogens (tertiary/aromatic N) is 2. The van der Waals surface area contributed by atoms with E-state index in [2.05, 4.69) is 11.0 Å². The van der Waals surface area contributed by atoms with Crippen LogP contribution in [-0.4, -0.2) is 45.0 Å². The molecule has 0 N–H and O–H groups in total. The van der Waals surface area contributed by atoms with E-state index >= 15 is 0 Å². The number of sulfone groups is 1. The minimum atomic E-state index is -2.97. The highest BCUT2D eigenvalue weighted by molar-refractivity contribution is 7.91. The number of amides is 1. The number of carbonyl (C=O) groups is 1. The maximum Gasteiger partial charge on any atom is 0.227 e. The van der Waals surface area contributed by atoms with Crippen molar-refractivity contribution in [2.75, 3.05) is 34.4 Å². The predicted octanol–water partition coefficient (Wildman–Crippen LogP) is 2.61. The van der Waals surface area contributed by atoms with Crippen molar-refractivity contribution in [1.82, 2.24) is 0 Å². The molecule has 1 aromatic carbocycles. The van der Waals surface area contributed by atoms with E-state index < -0.39 is 9.84 Å². The van der Waals surface area contributed by atoms with Crippen molar-refractivity contribution >= 4 is 27.1 Å². The van der Waals surface area contributed by atoms with Gasteiger partial charge in [0.2, 0.25) is 5.91 Å². The average Bonchev–Trinajstić information content (AvgIpc) is 2.60. The van der Waals surface area contributed by atoms with Gasteiger partial charge in [-0.3, -0.25) is 4.79 Å². The van der Waals surface area contributed by atoms with Gasteiger partial charge < -0.3 is 9.80 Å². The summed E-state index contributed by atoms with van der Waals surface area (Å²) in [6.45, 7) is 1.79. The monoisotopic (exact) mass is 362 g/mol. The first-order chi connectivity index (χ1) is 12.0. The Morgan fingerprint density at radius 2 is 1.88 bits per heavy atom. The van der Waals surface area contributed by atoms with Gasteiger partial charge in [0.05, 0.1) is 22.9 Å². The molecule has 6 heteroatoms. The van der Waals surface area contributed by atoms with E-state index in [-0.39, 0.29) is 23.3 Å². The maximum absolute atomic E-state index is 13.0. The molecular weight excluding hydrogens is 336 g/mol. The fourth-order valence-corrected chi connectivity index (χ4v) is 6.40. The number of hydrogen-bond donors (Lipinski definition) is 0. The number of anilines is 2. The van der Waals surface area contributed by atoms with Crippen LogP contribution in [0.25, 0.3) is 0 Å². The summed E-state index contributed by atoms with van der Waals surface area (Å²) in [5.74, 6) is 0.507. The molecule has 1 aromatic rings. The van der Waals surface area contributed by atoms with Crippen LogP contribution in [-0.2, 0) is 14.6 Å². The first kappa shape index (κ1) is 16.9. The van der Waals surface area contributed by atoms with Crippen molar-refractivity contribution in [1.29, 1.82) is 0 Å². The molecule has 2 saturated heterocycles. The second-order valence-electron chi connectivity index (χ2n) is 7.66. The molecule has 2 fully saturated rings. The molecule has 3 heterocycles. The molecule has 0 saturated carbocycles. The molecule has 4 rings (SSSR count). The zero-order valence-electron chi connectivity index (χ0n) is 14.6. The molecule has 2 unspecified atom stereocenters. The Morgan fingerprint density at radius 3 is 2.68 bits per heavy atom. The van der Waals surface area contributed by atoms with Crippen molar-refractivity contribution in [2.45, 2.75) is 44.6 Å². The van der Waals surface area contributed by atoms with Gasteiger partial charge in [-0.15, -0.1) is 0 Å². The Hall–Kier alpha value is -1.56. The SMILES string of the molecule is O=C(CC1CCCS(=O)(=O)C1)N1CC2CCCCN2c2ccccc21. The van der Waals surface area contributed by atoms with E-state index in [0.29, 0.717) is 18.9 Å². The molecule has 25 heavy (non-hydrogen) atoms. The molecule has 0 bridgehead atoms. The molecule has 3 aliphatic rings. The van der Waals surface area contributed by atoms with Gasteiger partial charge in [0.25, 0.3) is 0 Å². The predicted molar refractivity (Wildman–Crippen MR) is 99.8 cm³/mol. The van der Waals surface area contributed by atoms with Crippen molar-refractivity contribution in [3.8, 4) is 0 Å². The quantitative estimate of drug-likeness (QED) is 0.811. The topological polar surface area (TPSA) is 57.7 Å². The van der Waals surface area contributed by atoms with Gasteiger partial charge in [-0.25, -0.2) is 8.42 Å². The summed E-state index contributed by atoms with van der Waals surface area (Å²) in [5.41, 5.74) is 2.15. The molecule has 3 aliphatic heterocycles. The molecule has 1 amide bonds. The van der Waals surface area contributed by atoms with Crippen LogP contribution in [0.2, 0.25) is 0 Å². The van der Waals surface area contributed by atoms with E-state index in [1.807, 2.05) is 23.1 Å². The van der Waals surface area contributed by atoms with E-state index in [1.54, 1.807) is 0 Å². The van der Waals surface area contributed by atoms with Gasteiger partial charge in [0.15, 0.2) is 9.84 Å². The average molecular weight is 362 g/mol. The minimum Gasteiger partial charge on any atom is -0.365 e. The fraction of sp³-hybridized carbons (Fsp3) is 0.632. The Balaban J connectivity index is 1.55. The van der Waals surface area contributed by atoms with Gasteiger partial charge in [0.1, 0.15) is 0 Å². The Morgan fingerprint density at radius 1 is 1.08 bits per heavy atom. The highest BCUT2D eigenvalue weighted by Crippen LogP contribution is 2.39. The summed E-state index contributed by atoms with van der Waals surface area (Å²) in [6.07, 6.45) is 5.42. The molecular formula is C19H26N2O3S. The van der Waals surface area contributed by atoms with Crippen LogP contribution in [0.1, 0.15) is 38.5 Å². The molecule has 136 valence electrons. The van der Waals surface area contributed by atoms with Crippen LogP contribution < -0.4 is 9.80 Å². The Labute approximate surface area is 149 Å². The van der Waals surface area contributed by atoms with Crippen LogP contribution in [0.15, 0.2) is 24.3 Å². The summed E-state index contributed by atoms with van der Waals surface area (Å²) in [6, 6.07) is 8.54. The number of benzene rings is 1. The lowest BCUT2D eigenvalue weighted by atomic mass is 9.95. The summed E-state index contributed by atoms with van der Waals surface area (Å²) in [4.78, 5) is 17.4. The van der Waals surface area contributed by atoms with Gasteiger partial charge in [0, 0.05) is 25.6 Å². The zero-order valence-corrected chi connectivity index (χ0v) is 15.4. The lowest BCUT2D eigenvalue weighted by molar-refractivity contribution is -0.119. The molecule has 0 spiro atoms. The van der Waals surface area contributed by atoms with E-state index in [9.17, 15) is 13.2 Å². The molecule has 0 aliphatic carbocycles. The van der Waals surface area contributed by atoms with Gasteiger partial charge >= 0.3 is 0 Å². The Kier molecular flexibility index (Phi) is 4.48. The Bertz CT molecular complexity index is 762. The minimum absolute atomic E-state index is 0.0252. The van der Waals surface area contributed by atoms with Crippen LogP contribution >= 0.6 is 0 Å². The third-order valence-corrected chi connectivity index (χ3v) is 7.71. The smallest absolute Gasteiger partial charge is 0.227 e. The third kappa shape index (κ3) is 3.41. The van der Waals surface area contributed by atoms with E-state index in [4.69, 9.17) is 0 Å². The maximum atomic E-state index is 13.0. The van der Waals surface area contributed by atoms with Crippen molar-refractivity contribution < 1.29 is 13.2 Å². The number of para-hydroxylation sites is 2. The molecule has 2 atom stereocenters. The number of rotatable bonds is 2. The van der Waals surface area contributed by atoms with Crippen LogP contribution in [0.5, 0.6) is 0 Å². The number of carbonyl (C=O) groups excluding carboxylic acids is 1. The molecule has 0 aromatic heterocycles. The van der Waals surface area contributed by atoms with Crippen LogP contribution in [0.3, 0.4) is 0 Å². The summed E-state index contributed by atoms with van der Waals surface area (Å²) >= 11 is 0. The number of piperidine rings is 1. The van der Waals surface area contributed by atoms with E-state index in [0.717, 1.165) is 37.3 Å². The second kappa shape index (κ2) is 6.63.